The number of benzene rings is 2. The molecule has 0 radical (unpaired) electrons. The Balaban J connectivity index is 1.79. The molecule has 2 N–H and O–H groups in total. The lowest BCUT2D eigenvalue weighted by molar-refractivity contribution is -0.115. The normalized spacial score (nSPS) is 11.1. The highest BCUT2D eigenvalue weighted by Gasteiger charge is 2.13. The van der Waals surface area contributed by atoms with Crippen LogP contribution < -0.4 is 10.6 Å². The molecule has 0 aliphatic heterocycles. The minimum absolute atomic E-state index is 0.0527. The zero-order chi connectivity index (χ0) is 16.9. The first-order valence-electron chi connectivity index (χ1n) is 7.74. The van der Waals surface area contributed by atoms with Crippen LogP contribution in [-0.4, -0.2) is 12.5 Å². The maximum absolute atomic E-state index is 12.8. The molecule has 0 bridgehead atoms. The SMILES string of the molecule is CC(C)(C)c1ccc(NC(=O)CCNc2ccc(F)cc2)cc1. The lowest BCUT2D eigenvalue weighted by atomic mass is 9.87. The summed E-state index contributed by atoms with van der Waals surface area (Å²) in [7, 11) is 0. The van der Waals surface area contributed by atoms with E-state index in [1.807, 2.05) is 24.3 Å². The van der Waals surface area contributed by atoms with Crippen molar-refractivity contribution in [1.82, 2.24) is 0 Å². The molecule has 122 valence electrons. The standard InChI is InChI=1S/C19H23FN2O/c1-19(2,3)14-4-8-17(9-5-14)22-18(23)12-13-21-16-10-6-15(20)7-11-16/h4-11,21H,12-13H2,1-3H3,(H,22,23). The highest BCUT2D eigenvalue weighted by molar-refractivity contribution is 5.91. The molecule has 3 nitrogen and oxygen atoms in total. The lowest BCUT2D eigenvalue weighted by Crippen LogP contribution is -2.16. The summed E-state index contributed by atoms with van der Waals surface area (Å²) >= 11 is 0. The second-order valence-electron chi connectivity index (χ2n) is 6.56. The number of anilines is 2. The summed E-state index contributed by atoms with van der Waals surface area (Å²) in [6.07, 6.45) is 0.346. The zero-order valence-corrected chi connectivity index (χ0v) is 13.8. The van der Waals surface area contributed by atoms with E-state index >= 15 is 0 Å². The van der Waals surface area contributed by atoms with Crippen LogP contribution in [0.4, 0.5) is 15.8 Å². The third-order valence-corrected chi connectivity index (χ3v) is 3.56. The van der Waals surface area contributed by atoms with Crippen LogP contribution in [0.5, 0.6) is 0 Å². The van der Waals surface area contributed by atoms with Crippen LogP contribution in [0.3, 0.4) is 0 Å². The Morgan fingerprint density at radius 3 is 2.09 bits per heavy atom. The molecule has 2 aromatic rings. The Labute approximate surface area is 136 Å². The number of rotatable bonds is 5. The van der Waals surface area contributed by atoms with Crippen molar-refractivity contribution in [2.75, 3.05) is 17.2 Å². The monoisotopic (exact) mass is 314 g/mol. The van der Waals surface area contributed by atoms with Gasteiger partial charge in [0.15, 0.2) is 0 Å². The maximum atomic E-state index is 12.8. The van der Waals surface area contributed by atoms with Gasteiger partial charge in [-0.1, -0.05) is 32.9 Å². The third kappa shape index (κ3) is 5.40. The van der Waals surface area contributed by atoms with Crippen molar-refractivity contribution in [3.63, 3.8) is 0 Å². The quantitative estimate of drug-likeness (QED) is 0.849. The van der Waals surface area contributed by atoms with E-state index in [4.69, 9.17) is 0 Å². The Bertz CT molecular complexity index is 643. The van der Waals surface area contributed by atoms with Crippen molar-refractivity contribution >= 4 is 17.3 Å². The molecule has 0 unspecified atom stereocenters. The van der Waals surface area contributed by atoms with Gasteiger partial charge in [0.05, 0.1) is 0 Å². The first kappa shape index (κ1) is 17.0. The minimum atomic E-state index is -0.271. The molecule has 0 atom stereocenters. The van der Waals surface area contributed by atoms with E-state index in [1.165, 1.54) is 17.7 Å². The Morgan fingerprint density at radius 1 is 0.957 bits per heavy atom. The van der Waals surface area contributed by atoms with Gasteiger partial charge in [0.25, 0.3) is 0 Å². The summed E-state index contributed by atoms with van der Waals surface area (Å²) < 4.78 is 12.8. The summed E-state index contributed by atoms with van der Waals surface area (Å²) in [6.45, 7) is 6.96. The zero-order valence-electron chi connectivity index (χ0n) is 13.8. The van der Waals surface area contributed by atoms with Gasteiger partial charge in [-0.2, -0.15) is 0 Å². The highest BCUT2D eigenvalue weighted by Crippen LogP contribution is 2.23. The van der Waals surface area contributed by atoms with E-state index in [2.05, 4.69) is 31.4 Å². The van der Waals surface area contributed by atoms with Gasteiger partial charge in [-0.3, -0.25) is 4.79 Å². The van der Waals surface area contributed by atoms with E-state index in [0.29, 0.717) is 13.0 Å². The van der Waals surface area contributed by atoms with Gasteiger partial charge in [0, 0.05) is 24.3 Å². The number of nitrogens with one attached hydrogen (secondary N) is 2. The fourth-order valence-corrected chi connectivity index (χ4v) is 2.17. The van der Waals surface area contributed by atoms with Crippen LogP contribution in [0.1, 0.15) is 32.8 Å². The highest BCUT2D eigenvalue weighted by atomic mass is 19.1. The topological polar surface area (TPSA) is 41.1 Å². The van der Waals surface area contributed by atoms with Crippen LogP contribution in [0, 0.1) is 5.82 Å². The largest absolute Gasteiger partial charge is 0.385 e. The first-order valence-corrected chi connectivity index (χ1v) is 7.74. The summed E-state index contributed by atoms with van der Waals surface area (Å²) in [5, 5.41) is 5.97. The number of hydrogen-bond donors (Lipinski definition) is 2. The predicted molar refractivity (Wildman–Crippen MR) is 93.3 cm³/mol. The Kier molecular flexibility index (Phi) is 5.37. The van der Waals surface area contributed by atoms with E-state index < -0.39 is 0 Å². The average molecular weight is 314 g/mol. The molecular weight excluding hydrogens is 291 g/mol. The third-order valence-electron chi connectivity index (χ3n) is 3.56. The Morgan fingerprint density at radius 2 is 1.52 bits per heavy atom. The van der Waals surface area contributed by atoms with E-state index in [1.54, 1.807) is 12.1 Å². The average Bonchev–Trinajstić information content (AvgIpc) is 2.49. The van der Waals surface area contributed by atoms with Crippen LogP contribution in [0.2, 0.25) is 0 Å². The number of hydrogen-bond acceptors (Lipinski definition) is 2. The van der Waals surface area contributed by atoms with Crippen molar-refractivity contribution < 1.29 is 9.18 Å². The van der Waals surface area contributed by atoms with E-state index in [-0.39, 0.29) is 17.1 Å². The Hall–Kier alpha value is -2.36. The van der Waals surface area contributed by atoms with Gasteiger partial charge in [0.2, 0.25) is 5.91 Å². The summed E-state index contributed by atoms with van der Waals surface area (Å²) in [5.41, 5.74) is 2.92. The van der Waals surface area contributed by atoms with Crippen molar-refractivity contribution in [3.8, 4) is 0 Å². The van der Waals surface area contributed by atoms with Gasteiger partial charge < -0.3 is 10.6 Å². The van der Waals surface area contributed by atoms with Crippen molar-refractivity contribution in [3.05, 3.63) is 59.9 Å². The summed E-state index contributed by atoms with van der Waals surface area (Å²) in [6, 6.07) is 14.0. The number of halogens is 1. The molecule has 0 spiro atoms. The molecular formula is C19H23FN2O. The van der Waals surface area contributed by atoms with Crippen LogP contribution in [-0.2, 0) is 10.2 Å². The molecule has 2 rings (SSSR count). The van der Waals surface area contributed by atoms with Crippen LogP contribution in [0.25, 0.3) is 0 Å². The number of carbonyl (C=O) groups is 1. The van der Waals surface area contributed by atoms with E-state index in [9.17, 15) is 9.18 Å². The molecule has 0 saturated carbocycles. The maximum Gasteiger partial charge on any atom is 0.226 e. The molecule has 0 aliphatic carbocycles. The fourth-order valence-electron chi connectivity index (χ4n) is 2.17. The predicted octanol–water partition coefficient (Wildman–Crippen LogP) is 4.56. The van der Waals surface area contributed by atoms with Crippen molar-refractivity contribution in [2.24, 2.45) is 0 Å². The van der Waals surface area contributed by atoms with Crippen LogP contribution in [0.15, 0.2) is 48.5 Å². The molecule has 0 aliphatic rings. The van der Waals surface area contributed by atoms with Gasteiger partial charge in [-0.15, -0.1) is 0 Å². The van der Waals surface area contributed by atoms with Gasteiger partial charge in [-0.05, 0) is 47.4 Å². The second kappa shape index (κ2) is 7.27. The molecule has 23 heavy (non-hydrogen) atoms. The molecule has 0 fully saturated rings. The number of amides is 1. The molecule has 0 heterocycles. The number of carbonyl (C=O) groups excluding carboxylic acids is 1. The molecule has 0 aromatic heterocycles. The smallest absolute Gasteiger partial charge is 0.226 e. The molecule has 0 saturated heterocycles. The van der Waals surface area contributed by atoms with Crippen molar-refractivity contribution in [2.45, 2.75) is 32.6 Å². The fraction of sp³-hybridized carbons (Fsp3) is 0.316. The first-order chi connectivity index (χ1) is 10.8. The van der Waals surface area contributed by atoms with Gasteiger partial charge >= 0.3 is 0 Å². The lowest BCUT2D eigenvalue weighted by Gasteiger charge is -2.19. The minimum Gasteiger partial charge on any atom is -0.385 e. The van der Waals surface area contributed by atoms with Crippen LogP contribution >= 0.6 is 0 Å². The summed E-state index contributed by atoms with van der Waals surface area (Å²) in [4.78, 5) is 11.9. The second-order valence-corrected chi connectivity index (χ2v) is 6.56. The summed E-state index contributed by atoms with van der Waals surface area (Å²) in [5.74, 6) is -0.324. The van der Waals surface area contributed by atoms with Gasteiger partial charge in [0.1, 0.15) is 5.82 Å². The van der Waals surface area contributed by atoms with E-state index in [0.717, 1.165) is 11.4 Å². The molecule has 2 aromatic carbocycles. The van der Waals surface area contributed by atoms with Gasteiger partial charge in [-0.25, -0.2) is 4.39 Å². The molecule has 1 amide bonds. The molecule has 4 heteroatoms. The van der Waals surface area contributed by atoms with Crippen molar-refractivity contribution in [1.29, 1.82) is 0 Å².